The van der Waals surface area contributed by atoms with E-state index in [9.17, 15) is 0 Å². The Morgan fingerprint density at radius 2 is 0.930 bits per heavy atom. The number of aromatic nitrogens is 2. The van der Waals surface area contributed by atoms with Crippen LogP contribution in [0, 0.1) is 0 Å². The van der Waals surface area contributed by atoms with Crippen molar-refractivity contribution in [2.75, 3.05) is 16.5 Å². The number of rotatable bonds is 10. The maximum atomic E-state index is 7.17. The Kier molecular flexibility index (Phi) is 12.6. The van der Waals surface area contributed by atoms with Crippen molar-refractivity contribution < 1.29 is 4.74 Å². The number of para-hydroxylation sites is 3. The lowest BCUT2D eigenvalue weighted by molar-refractivity contribution is 0.483. The summed E-state index contributed by atoms with van der Waals surface area (Å²) < 4.78 is 9.46. The second-order valence-corrected chi connectivity index (χ2v) is 25.2. The van der Waals surface area contributed by atoms with Crippen molar-refractivity contribution >= 4 is 44.6 Å². The Bertz CT molecular complexity index is 4620. The third kappa shape index (κ3) is 8.79. The standard InChI is InChI=1S/C81H66N4O/c1-79(2,3)58-38-40-59(41-39-58)81(71-33-19-16-30-65(71)66-31-17-20-34-72(66)81)61-48-69(55-26-12-8-13-27-55)78(70(49-61)56-28-14-9-15-29-56)84-53-83(74-36-22-23-37-75(74)84)62-46-57(54-24-10-7-11-25-54)47-64(51-62)86-63-42-43-68-67-32-18-21-35-73(67)85(76(68)52-63)77-50-60(44-45-82-77)80(4,5)6/h7-52H,53H2,1-6H3. The van der Waals surface area contributed by atoms with Crippen molar-refractivity contribution in [1.29, 1.82) is 0 Å². The van der Waals surface area contributed by atoms with E-state index in [4.69, 9.17) is 9.72 Å². The molecule has 2 aromatic heterocycles. The molecule has 3 heterocycles. The number of nitrogens with zero attached hydrogens (tertiary/aromatic N) is 4. The molecule has 0 amide bonds. The third-order valence-electron chi connectivity index (χ3n) is 17.9. The number of hydrogen-bond donors (Lipinski definition) is 0. The second-order valence-electron chi connectivity index (χ2n) is 25.2. The molecule has 0 N–H and O–H groups in total. The number of pyridine rings is 1. The van der Waals surface area contributed by atoms with E-state index in [-0.39, 0.29) is 10.8 Å². The van der Waals surface area contributed by atoms with Gasteiger partial charge in [0.2, 0.25) is 0 Å². The van der Waals surface area contributed by atoms with Crippen molar-refractivity contribution in [1.82, 2.24) is 9.55 Å². The van der Waals surface area contributed by atoms with Gasteiger partial charge in [0.25, 0.3) is 0 Å². The van der Waals surface area contributed by atoms with E-state index in [2.05, 4.69) is 329 Å². The van der Waals surface area contributed by atoms with E-state index in [0.717, 1.165) is 89.9 Å². The fraction of sp³-hybridized carbons (Fsp3) is 0.123. The van der Waals surface area contributed by atoms with Crippen LogP contribution in [-0.4, -0.2) is 16.2 Å². The molecule has 11 aromatic carbocycles. The van der Waals surface area contributed by atoms with Gasteiger partial charge in [-0.1, -0.05) is 236 Å². The fourth-order valence-corrected chi connectivity index (χ4v) is 13.7. The predicted molar refractivity (Wildman–Crippen MR) is 358 cm³/mol. The Hall–Kier alpha value is -10.2. The van der Waals surface area contributed by atoms with Gasteiger partial charge in [-0.3, -0.25) is 4.57 Å². The summed E-state index contributed by atoms with van der Waals surface area (Å²) in [7, 11) is 0. The Morgan fingerprint density at radius 3 is 1.56 bits per heavy atom. The minimum Gasteiger partial charge on any atom is -0.457 e. The molecule has 0 saturated carbocycles. The van der Waals surface area contributed by atoms with Crippen LogP contribution in [0.5, 0.6) is 11.5 Å². The van der Waals surface area contributed by atoms with Gasteiger partial charge in [-0.25, -0.2) is 4.98 Å². The van der Waals surface area contributed by atoms with Crippen LogP contribution in [0.2, 0.25) is 0 Å². The summed E-state index contributed by atoms with van der Waals surface area (Å²) in [6.45, 7) is 14.2. The van der Waals surface area contributed by atoms with Crippen molar-refractivity contribution in [3.8, 4) is 61.8 Å². The molecule has 0 saturated heterocycles. The van der Waals surface area contributed by atoms with E-state index in [1.807, 2.05) is 6.20 Å². The molecule has 13 aromatic rings. The molecule has 0 unspecified atom stereocenters. The van der Waals surface area contributed by atoms with Gasteiger partial charge in [-0.2, -0.15) is 0 Å². The smallest absolute Gasteiger partial charge is 0.137 e. The van der Waals surface area contributed by atoms with E-state index >= 15 is 0 Å². The highest BCUT2D eigenvalue weighted by molar-refractivity contribution is 6.09. The number of fused-ring (bicyclic) bond motifs is 7. The molecule has 86 heavy (non-hydrogen) atoms. The minimum absolute atomic E-state index is 0.00647. The molecule has 0 bridgehead atoms. The molecule has 416 valence electrons. The topological polar surface area (TPSA) is 33.5 Å². The van der Waals surface area contributed by atoms with Crippen LogP contribution < -0.4 is 14.5 Å². The lowest BCUT2D eigenvalue weighted by Crippen LogP contribution is -2.30. The first kappa shape index (κ1) is 52.6. The molecular formula is C81H66N4O. The molecule has 15 rings (SSSR count). The van der Waals surface area contributed by atoms with E-state index in [1.165, 1.54) is 49.9 Å². The van der Waals surface area contributed by atoms with Gasteiger partial charge >= 0.3 is 0 Å². The van der Waals surface area contributed by atoms with E-state index < -0.39 is 5.41 Å². The monoisotopic (exact) mass is 1110 g/mol. The summed E-state index contributed by atoms with van der Waals surface area (Å²) in [5.41, 5.74) is 22.7. The summed E-state index contributed by atoms with van der Waals surface area (Å²) in [6.07, 6.45) is 1.93. The Balaban J connectivity index is 0.913. The highest BCUT2D eigenvalue weighted by Crippen LogP contribution is 2.59. The Morgan fingerprint density at radius 1 is 0.384 bits per heavy atom. The predicted octanol–water partition coefficient (Wildman–Crippen LogP) is 21.2. The molecule has 5 nitrogen and oxygen atoms in total. The molecule has 0 atom stereocenters. The highest BCUT2D eigenvalue weighted by Gasteiger charge is 2.47. The number of ether oxygens (including phenoxy) is 1. The van der Waals surface area contributed by atoms with E-state index in [1.54, 1.807) is 0 Å². The maximum Gasteiger partial charge on any atom is 0.137 e. The van der Waals surface area contributed by atoms with Gasteiger partial charge in [0.1, 0.15) is 24.0 Å². The van der Waals surface area contributed by atoms with Crippen molar-refractivity contribution in [3.05, 3.63) is 313 Å². The first-order valence-corrected chi connectivity index (χ1v) is 30.0. The zero-order valence-electron chi connectivity index (χ0n) is 49.5. The molecule has 5 heteroatoms. The third-order valence-corrected chi connectivity index (χ3v) is 17.9. The summed E-state index contributed by atoms with van der Waals surface area (Å²) in [5.74, 6) is 2.36. The van der Waals surface area contributed by atoms with Crippen LogP contribution in [0.1, 0.15) is 74.9 Å². The quantitative estimate of drug-likeness (QED) is 0.137. The molecule has 1 aliphatic heterocycles. The highest BCUT2D eigenvalue weighted by atomic mass is 16.5. The van der Waals surface area contributed by atoms with Crippen molar-refractivity contribution in [3.63, 3.8) is 0 Å². The van der Waals surface area contributed by atoms with Crippen molar-refractivity contribution in [2.45, 2.75) is 57.8 Å². The second kappa shape index (κ2) is 20.5. The number of hydrogen-bond acceptors (Lipinski definition) is 4. The van der Waals surface area contributed by atoms with Gasteiger partial charge in [0.15, 0.2) is 0 Å². The number of anilines is 4. The largest absolute Gasteiger partial charge is 0.457 e. The van der Waals surface area contributed by atoms with Gasteiger partial charge in [-0.05, 0) is 144 Å². The van der Waals surface area contributed by atoms with Crippen LogP contribution in [0.3, 0.4) is 0 Å². The summed E-state index contributed by atoms with van der Waals surface area (Å²) in [4.78, 5) is 9.99. The average molecular weight is 1110 g/mol. The first-order valence-electron chi connectivity index (χ1n) is 30.0. The van der Waals surface area contributed by atoms with Gasteiger partial charge < -0.3 is 14.5 Å². The molecule has 0 spiro atoms. The average Bonchev–Trinajstić information content (AvgIpc) is 1.50. The SMILES string of the molecule is CC(C)(C)c1ccc(C2(c3cc(-c4ccccc4)c(N4CN(c5cc(Oc6ccc7c8ccccc8n(-c8cc(C(C)(C)C)ccn8)c7c6)cc(-c6ccccc6)c5)c5ccccc54)c(-c4ccccc4)c3)c3ccccc3-c3ccccc32)cc1. The van der Waals surface area contributed by atoms with Gasteiger partial charge in [0.05, 0.1) is 33.5 Å². The van der Waals surface area contributed by atoms with E-state index in [0.29, 0.717) is 6.67 Å². The van der Waals surface area contributed by atoms with Crippen LogP contribution in [0.15, 0.2) is 279 Å². The zero-order valence-corrected chi connectivity index (χ0v) is 49.5. The zero-order chi connectivity index (χ0) is 58.3. The van der Waals surface area contributed by atoms with Crippen LogP contribution >= 0.6 is 0 Å². The van der Waals surface area contributed by atoms with Crippen LogP contribution in [0.25, 0.3) is 72.1 Å². The normalized spacial score (nSPS) is 13.5. The summed E-state index contributed by atoms with van der Waals surface area (Å²) in [6, 6.07) is 100. The molecule has 2 aliphatic rings. The minimum atomic E-state index is -0.645. The summed E-state index contributed by atoms with van der Waals surface area (Å²) >= 11 is 0. The number of benzene rings is 11. The molecule has 0 radical (unpaired) electrons. The first-order chi connectivity index (χ1) is 41.9. The molecular weight excluding hydrogens is 1040 g/mol. The molecule has 0 fully saturated rings. The fourth-order valence-electron chi connectivity index (χ4n) is 13.7. The van der Waals surface area contributed by atoms with Crippen LogP contribution in [-0.2, 0) is 16.2 Å². The maximum absolute atomic E-state index is 7.17. The summed E-state index contributed by atoms with van der Waals surface area (Å²) in [5, 5.41) is 2.31. The molecule has 1 aliphatic carbocycles. The lowest BCUT2D eigenvalue weighted by atomic mass is 9.66. The van der Waals surface area contributed by atoms with Crippen LogP contribution in [0.4, 0.5) is 22.7 Å². The Labute approximate surface area is 504 Å². The van der Waals surface area contributed by atoms with Gasteiger partial charge in [-0.15, -0.1) is 0 Å². The lowest BCUT2D eigenvalue weighted by Gasteiger charge is -2.36. The van der Waals surface area contributed by atoms with Crippen molar-refractivity contribution in [2.24, 2.45) is 0 Å². The van der Waals surface area contributed by atoms with Gasteiger partial charge in [0, 0.05) is 45.9 Å².